The highest BCUT2D eigenvalue weighted by Crippen LogP contribution is 2.33. The van der Waals surface area contributed by atoms with E-state index in [0.29, 0.717) is 11.8 Å². The highest BCUT2D eigenvalue weighted by Gasteiger charge is 2.21. The topological polar surface area (TPSA) is 27.1 Å². The molecule has 0 bridgehead atoms. The van der Waals surface area contributed by atoms with Crippen LogP contribution in [-0.2, 0) is 19.6 Å². The molecule has 0 radical (unpaired) electrons. The molecule has 0 aliphatic heterocycles. The second-order valence-corrected chi connectivity index (χ2v) is 7.82. The first-order chi connectivity index (χ1) is 12.6. The van der Waals surface area contributed by atoms with Crippen molar-refractivity contribution >= 4 is 15.9 Å². The molecule has 3 nitrogen and oxygen atoms in total. The monoisotopic (exact) mass is 426 g/mol. The van der Waals surface area contributed by atoms with Gasteiger partial charge in [-0.05, 0) is 59.3 Å². The van der Waals surface area contributed by atoms with E-state index in [1.807, 2.05) is 4.68 Å². The van der Waals surface area contributed by atoms with Crippen LogP contribution in [0.5, 0.6) is 5.88 Å². The number of hydrogen-bond acceptors (Lipinski definition) is 2. The molecule has 1 aliphatic rings. The number of aryl methyl sites for hydroxylation is 1. The average molecular weight is 427 g/mol. The van der Waals surface area contributed by atoms with Gasteiger partial charge >= 0.3 is 0 Å². The third-order valence-corrected chi connectivity index (χ3v) is 5.73. The molecular weight excluding hydrogens is 402 g/mol. The lowest BCUT2D eigenvalue weighted by atomic mass is 9.89. The number of benzene rings is 1. The van der Waals surface area contributed by atoms with E-state index in [-0.39, 0.29) is 12.2 Å². The van der Waals surface area contributed by atoms with Crippen molar-refractivity contribution in [2.75, 3.05) is 0 Å². The summed E-state index contributed by atoms with van der Waals surface area (Å²) in [5, 5.41) is 4.72. The highest BCUT2D eigenvalue weighted by atomic mass is 79.9. The second-order valence-electron chi connectivity index (χ2n) is 7.03. The smallest absolute Gasteiger partial charge is 0.227 e. The Morgan fingerprint density at radius 3 is 2.73 bits per heavy atom. The number of nitrogens with zero attached hydrogens (tertiary/aromatic N) is 2. The Kier molecular flexibility index (Phi) is 6.68. The predicted octanol–water partition coefficient (Wildman–Crippen LogP) is 6.04. The molecule has 0 amide bonds. The maximum Gasteiger partial charge on any atom is 0.227 e. The molecule has 6 heteroatoms. The van der Waals surface area contributed by atoms with Gasteiger partial charge in [-0.15, -0.1) is 0 Å². The highest BCUT2D eigenvalue weighted by molar-refractivity contribution is 9.10. The van der Waals surface area contributed by atoms with Crippen LogP contribution in [-0.4, -0.2) is 9.78 Å². The lowest BCUT2D eigenvalue weighted by Crippen LogP contribution is -2.16. The summed E-state index contributed by atoms with van der Waals surface area (Å²) in [6.07, 6.45) is 8.08. The maximum atomic E-state index is 13.9. The first-order valence-electron chi connectivity index (χ1n) is 9.40. The summed E-state index contributed by atoms with van der Waals surface area (Å²) in [4.78, 5) is 0. The average Bonchev–Trinajstić information content (AvgIpc) is 2.92. The van der Waals surface area contributed by atoms with E-state index in [2.05, 4.69) is 22.9 Å². The van der Waals surface area contributed by atoms with E-state index < -0.39 is 11.6 Å². The number of halogens is 3. The molecule has 0 N–H and O–H groups in total. The van der Waals surface area contributed by atoms with Crippen LogP contribution in [0.15, 0.2) is 22.7 Å². The van der Waals surface area contributed by atoms with Crippen molar-refractivity contribution < 1.29 is 13.5 Å². The van der Waals surface area contributed by atoms with Gasteiger partial charge < -0.3 is 4.74 Å². The number of rotatable bonds is 7. The molecule has 26 heavy (non-hydrogen) atoms. The zero-order chi connectivity index (χ0) is 18.5. The van der Waals surface area contributed by atoms with Crippen LogP contribution in [0.2, 0.25) is 0 Å². The van der Waals surface area contributed by atoms with Gasteiger partial charge in [0.25, 0.3) is 0 Å². The van der Waals surface area contributed by atoms with Crippen LogP contribution in [0.1, 0.15) is 56.7 Å². The Labute approximate surface area is 161 Å². The lowest BCUT2D eigenvalue weighted by molar-refractivity contribution is 0.241. The van der Waals surface area contributed by atoms with Crippen molar-refractivity contribution in [1.29, 1.82) is 0 Å². The molecule has 1 saturated carbocycles. The minimum Gasteiger partial charge on any atom is -0.472 e. The summed E-state index contributed by atoms with van der Waals surface area (Å²) in [7, 11) is 0. The molecule has 1 fully saturated rings. The van der Waals surface area contributed by atoms with Gasteiger partial charge in [0.15, 0.2) is 0 Å². The van der Waals surface area contributed by atoms with Gasteiger partial charge in [0.2, 0.25) is 5.88 Å². The standard InChI is InChI=1S/C20H25BrF2N2O/c1-2-6-18-19(21)20(25(24-18)12-14-7-4-3-5-8-14)26-13-15-11-16(22)9-10-17(15)23/h9-11,14H,2-8,12-13H2,1H3. The third kappa shape index (κ3) is 4.64. The van der Waals surface area contributed by atoms with Crippen molar-refractivity contribution in [3.63, 3.8) is 0 Å². The van der Waals surface area contributed by atoms with Gasteiger partial charge in [-0.2, -0.15) is 5.10 Å². The number of hydrogen-bond donors (Lipinski definition) is 0. The maximum absolute atomic E-state index is 13.9. The number of ether oxygens (including phenoxy) is 1. The minimum absolute atomic E-state index is 0.0237. The van der Waals surface area contributed by atoms with Gasteiger partial charge in [-0.25, -0.2) is 13.5 Å². The molecule has 1 aromatic heterocycles. The van der Waals surface area contributed by atoms with Crippen molar-refractivity contribution in [2.45, 2.75) is 65.0 Å². The SMILES string of the molecule is CCCc1nn(CC2CCCCC2)c(OCc2cc(F)ccc2F)c1Br. The van der Waals surface area contributed by atoms with Crippen molar-refractivity contribution in [1.82, 2.24) is 9.78 Å². The molecule has 0 unspecified atom stereocenters. The van der Waals surface area contributed by atoms with E-state index >= 15 is 0 Å². The van der Waals surface area contributed by atoms with Gasteiger partial charge in [-0.1, -0.05) is 32.6 Å². The van der Waals surface area contributed by atoms with Crippen LogP contribution < -0.4 is 4.74 Å². The van der Waals surface area contributed by atoms with E-state index in [1.165, 1.54) is 38.2 Å². The van der Waals surface area contributed by atoms with E-state index in [4.69, 9.17) is 9.84 Å². The molecule has 1 aliphatic carbocycles. The summed E-state index contributed by atoms with van der Waals surface area (Å²) in [5.41, 5.74) is 1.16. The van der Waals surface area contributed by atoms with Crippen molar-refractivity contribution in [3.05, 3.63) is 45.6 Å². The number of aromatic nitrogens is 2. The van der Waals surface area contributed by atoms with Gasteiger partial charge in [0, 0.05) is 12.1 Å². The molecule has 142 valence electrons. The summed E-state index contributed by atoms with van der Waals surface area (Å²) in [6.45, 7) is 2.89. The van der Waals surface area contributed by atoms with Gasteiger partial charge in [-0.3, -0.25) is 0 Å². The molecule has 0 saturated heterocycles. The van der Waals surface area contributed by atoms with Crippen LogP contribution in [0.3, 0.4) is 0 Å². The van der Waals surface area contributed by atoms with Gasteiger partial charge in [0.05, 0.1) is 5.69 Å². The normalized spacial score (nSPS) is 15.4. The van der Waals surface area contributed by atoms with Crippen LogP contribution in [0, 0.1) is 17.6 Å². The molecule has 2 aromatic rings. The largest absolute Gasteiger partial charge is 0.472 e. The summed E-state index contributed by atoms with van der Waals surface area (Å²) >= 11 is 3.60. The summed E-state index contributed by atoms with van der Waals surface area (Å²) < 4.78 is 35.9. The van der Waals surface area contributed by atoms with E-state index in [0.717, 1.165) is 41.7 Å². The molecule has 1 heterocycles. The van der Waals surface area contributed by atoms with Crippen LogP contribution in [0.4, 0.5) is 8.78 Å². The Bertz CT molecular complexity index is 742. The quantitative estimate of drug-likeness (QED) is 0.539. The zero-order valence-corrected chi connectivity index (χ0v) is 16.7. The molecule has 1 aromatic carbocycles. The van der Waals surface area contributed by atoms with Crippen molar-refractivity contribution in [3.8, 4) is 5.88 Å². The molecule has 3 rings (SSSR count). The van der Waals surface area contributed by atoms with Crippen LogP contribution in [0.25, 0.3) is 0 Å². The minimum atomic E-state index is -0.466. The van der Waals surface area contributed by atoms with Crippen LogP contribution >= 0.6 is 15.9 Å². The Morgan fingerprint density at radius 2 is 2.00 bits per heavy atom. The van der Waals surface area contributed by atoms with Gasteiger partial charge in [0.1, 0.15) is 22.7 Å². The summed E-state index contributed by atoms with van der Waals surface area (Å²) in [6, 6.07) is 3.42. The first-order valence-corrected chi connectivity index (χ1v) is 10.2. The zero-order valence-electron chi connectivity index (χ0n) is 15.1. The molecule has 0 atom stereocenters. The Hall–Kier alpha value is -1.43. The molecule has 0 spiro atoms. The third-order valence-electron chi connectivity index (χ3n) is 4.93. The van der Waals surface area contributed by atoms with Crippen molar-refractivity contribution in [2.24, 2.45) is 5.92 Å². The molecular formula is C20H25BrF2N2O. The second kappa shape index (κ2) is 8.98. The Morgan fingerprint density at radius 1 is 1.23 bits per heavy atom. The predicted molar refractivity (Wildman–Crippen MR) is 101 cm³/mol. The van der Waals surface area contributed by atoms with E-state index in [1.54, 1.807) is 0 Å². The first kappa shape index (κ1) is 19.3. The Balaban J connectivity index is 1.80. The fourth-order valence-corrected chi connectivity index (χ4v) is 4.14. The summed E-state index contributed by atoms with van der Waals surface area (Å²) in [5.74, 6) is 0.280. The fourth-order valence-electron chi connectivity index (χ4n) is 3.54. The fraction of sp³-hybridized carbons (Fsp3) is 0.550. The van der Waals surface area contributed by atoms with E-state index in [9.17, 15) is 8.78 Å². The lowest BCUT2D eigenvalue weighted by Gasteiger charge is -2.22.